The molecule has 0 N–H and O–H groups in total. The molecule has 8 heteroatoms. The highest BCUT2D eigenvalue weighted by molar-refractivity contribution is 6.02. The molecule has 1 fully saturated rings. The molecule has 1 aliphatic rings. The Morgan fingerprint density at radius 1 is 1.23 bits per heavy atom. The molecule has 0 aliphatic carbocycles. The first-order valence-corrected chi connectivity index (χ1v) is 9.47. The summed E-state index contributed by atoms with van der Waals surface area (Å²) in [7, 11) is 1.42. The second-order valence-corrected chi connectivity index (χ2v) is 6.76. The fourth-order valence-corrected chi connectivity index (χ4v) is 3.23. The normalized spacial score (nSPS) is 13.6. The van der Waals surface area contributed by atoms with Crippen molar-refractivity contribution in [2.45, 2.75) is 19.4 Å². The standard InChI is InChI=1S/C22H21N3O5/c1-29-20-12-17(11-18(14-23)22(26)24-9-5-6-10-24)19(25(27)28)13-21(20)30-15-16-7-3-2-4-8-16/h2-4,7-8,11-13H,5-6,9-10,15H2,1H3/b18-11+. The van der Waals surface area contributed by atoms with Crippen molar-refractivity contribution in [3.05, 3.63) is 69.3 Å². The van der Waals surface area contributed by atoms with Gasteiger partial charge in [-0.05, 0) is 30.5 Å². The Hall–Kier alpha value is -3.86. The number of hydrogen-bond acceptors (Lipinski definition) is 6. The van der Waals surface area contributed by atoms with E-state index in [4.69, 9.17) is 9.47 Å². The summed E-state index contributed by atoms with van der Waals surface area (Å²) in [5.41, 5.74) is 0.572. The van der Waals surface area contributed by atoms with E-state index in [0.29, 0.717) is 13.1 Å². The van der Waals surface area contributed by atoms with E-state index >= 15 is 0 Å². The minimum atomic E-state index is -0.573. The average molecular weight is 407 g/mol. The minimum Gasteiger partial charge on any atom is -0.493 e. The summed E-state index contributed by atoms with van der Waals surface area (Å²) in [6, 6.07) is 13.9. The van der Waals surface area contributed by atoms with Crippen molar-refractivity contribution in [3.8, 4) is 17.6 Å². The molecule has 8 nitrogen and oxygen atoms in total. The van der Waals surface area contributed by atoms with E-state index in [2.05, 4.69) is 0 Å². The predicted molar refractivity (Wildman–Crippen MR) is 110 cm³/mol. The van der Waals surface area contributed by atoms with Gasteiger partial charge in [0.2, 0.25) is 0 Å². The quantitative estimate of drug-likeness (QED) is 0.300. The first kappa shape index (κ1) is 20.9. The second-order valence-electron chi connectivity index (χ2n) is 6.76. The van der Waals surface area contributed by atoms with Crippen LogP contribution in [0.2, 0.25) is 0 Å². The van der Waals surface area contributed by atoms with Crippen molar-refractivity contribution in [3.63, 3.8) is 0 Å². The van der Waals surface area contributed by atoms with Gasteiger partial charge in [-0.3, -0.25) is 14.9 Å². The largest absolute Gasteiger partial charge is 0.493 e. The van der Waals surface area contributed by atoms with Crippen LogP contribution in [0, 0.1) is 21.4 Å². The molecule has 1 saturated heterocycles. The smallest absolute Gasteiger partial charge is 0.280 e. The molecular weight excluding hydrogens is 386 g/mol. The number of nitro groups is 1. The van der Waals surface area contributed by atoms with Gasteiger partial charge in [0.15, 0.2) is 11.5 Å². The van der Waals surface area contributed by atoms with Crippen LogP contribution in [0.1, 0.15) is 24.0 Å². The molecule has 0 unspecified atom stereocenters. The van der Waals surface area contributed by atoms with Gasteiger partial charge in [-0.25, -0.2) is 0 Å². The Labute approximate surface area is 174 Å². The lowest BCUT2D eigenvalue weighted by Gasteiger charge is -2.15. The van der Waals surface area contributed by atoms with Crippen LogP contribution >= 0.6 is 0 Å². The number of methoxy groups -OCH3 is 1. The van der Waals surface area contributed by atoms with Crippen molar-refractivity contribution in [1.29, 1.82) is 5.26 Å². The molecule has 2 aromatic carbocycles. The van der Waals surface area contributed by atoms with E-state index in [1.807, 2.05) is 36.4 Å². The molecule has 0 spiro atoms. The van der Waals surface area contributed by atoms with E-state index in [0.717, 1.165) is 18.4 Å². The van der Waals surface area contributed by atoms with E-state index in [1.165, 1.54) is 25.3 Å². The molecule has 154 valence electrons. The van der Waals surface area contributed by atoms with Crippen LogP contribution in [-0.4, -0.2) is 35.9 Å². The van der Waals surface area contributed by atoms with E-state index < -0.39 is 10.8 Å². The molecule has 1 amide bonds. The topological polar surface area (TPSA) is 106 Å². The second kappa shape index (κ2) is 9.56. The lowest BCUT2D eigenvalue weighted by Crippen LogP contribution is -2.28. The number of carbonyl (C=O) groups excluding carboxylic acids is 1. The summed E-state index contributed by atoms with van der Waals surface area (Å²) in [6.07, 6.45) is 3.00. The molecule has 0 atom stereocenters. The van der Waals surface area contributed by atoms with Gasteiger partial charge in [-0.2, -0.15) is 5.26 Å². The fourth-order valence-electron chi connectivity index (χ4n) is 3.23. The molecule has 3 rings (SSSR count). The number of ether oxygens (including phenoxy) is 2. The van der Waals surface area contributed by atoms with Crippen LogP contribution in [-0.2, 0) is 11.4 Å². The summed E-state index contributed by atoms with van der Waals surface area (Å²) in [4.78, 5) is 25.2. The fraction of sp³-hybridized carbons (Fsp3) is 0.273. The Morgan fingerprint density at radius 3 is 2.53 bits per heavy atom. The number of likely N-dealkylation sites (tertiary alicyclic amines) is 1. The first-order chi connectivity index (χ1) is 14.5. The number of nitriles is 1. The molecule has 0 saturated carbocycles. The van der Waals surface area contributed by atoms with Crippen molar-refractivity contribution < 1.29 is 19.2 Å². The lowest BCUT2D eigenvalue weighted by molar-refractivity contribution is -0.385. The third kappa shape index (κ3) is 4.75. The highest BCUT2D eigenvalue weighted by atomic mass is 16.6. The monoisotopic (exact) mass is 407 g/mol. The number of amides is 1. The van der Waals surface area contributed by atoms with Crippen LogP contribution in [0.5, 0.6) is 11.5 Å². The van der Waals surface area contributed by atoms with E-state index in [1.54, 1.807) is 4.90 Å². The van der Waals surface area contributed by atoms with Gasteiger partial charge in [0.1, 0.15) is 18.2 Å². The van der Waals surface area contributed by atoms with Crippen LogP contribution < -0.4 is 9.47 Å². The lowest BCUT2D eigenvalue weighted by atomic mass is 10.1. The Bertz CT molecular complexity index is 1010. The number of hydrogen-bond donors (Lipinski definition) is 0. The molecule has 0 radical (unpaired) electrons. The van der Waals surface area contributed by atoms with Crippen LogP contribution in [0.25, 0.3) is 6.08 Å². The zero-order chi connectivity index (χ0) is 21.5. The molecule has 1 heterocycles. The Morgan fingerprint density at radius 2 is 1.93 bits per heavy atom. The number of benzene rings is 2. The number of nitrogens with zero attached hydrogens (tertiary/aromatic N) is 3. The van der Waals surface area contributed by atoms with Gasteiger partial charge in [0, 0.05) is 13.1 Å². The van der Waals surface area contributed by atoms with Crippen molar-refractivity contribution in [2.24, 2.45) is 0 Å². The van der Waals surface area contributed by atoms with Gasteiger partial charge in [-0.1, -0.05) is 30.3 Å². The summed E-state index contributed by atoms with van der Waals surface area (Å²) >= 11 is 0. The maximum absolute atomic E-state index is 12.6. The average Bonchev–Trinajstić information content (AvgIpc) is 3.31. The molecule has 0 aromatic heterocycles. The van der Waals surface area contributed by atoms with Crippen LogP contribution in [0.4, 0.5) is 5.69 Å². The zero-order valence-electron chi connectivity index (χ0n) is 16.5. The number of carbonyl (C=O) groups is 1. The SMILES string of the molecule is COc1cc(/C=C(\C#N)C(=O)N2CCCC2)c([N+](=O)[O-])cc1OCc1ccccc1. The molecule has 0 bridgehead atoms. The Kier molecular flexibility index (Phi) is 6.65. The molecule has 30 heavy (non-hydrogen) atoms. The third-order valence-corrected chi connectivity index (χ3v) is 4.79. The maximum Gasteiger partial charge on any atom is 0.280 e. The van der Waals surface area contributed by atoms with Gasteiger partial charge >= 0.3 is 0 Å². The van der Waals surface area contributed by atoms with Gasteiger partial charge in [-0.15, -0.1) is 0 Å². The highest BCUT2D eigenvalue weighted by Gasteiger charge is 2.24. The third-order valence-electron chi connectivity index (χ3n) is 4.79. The number of nitro benzene ring substituents is 1. The van der Waals surface area contributed by atoms with Crippen molar-refractivity contribution >= 4 is 17.7 Å². The van der Waals surface area contributed by atoms with Crippen LogP contribution in [0.3, 0.4) is 0 Å². The molecule has 1 aliphatic heterocycles. The number of rotatable bonds is 7. The summed E-state index contributed by atoms with van der Waals surface area (Å²) in [5, 5.41) is 21.1. The predicted octanol–water partition coefficient (Wildman–Crippen LogP) is 3.71. The molecular formula is C22H21N3O5. The summed E-state index contributed by atoms with van der Waals surface area (Å²) in [5.74, 6) is 0.0518. The first-order valence-electron chi connectivity index (χ1n) is 9.47. The summed E-state index contributed by atoms with van der Waals surface area (Å²) < 4.78 is 11.1. The zero-order valence-corrected chi connectivity index (χ0v) is 16.5. The molecule has 2 aromatic rings. The van der Waals surface area contributed by atoms with Crippen molar-refractivity contribution in [1.82, 2.24) is 4.90 Å². The van der Waals surface area contributed by atoms with Gasteiger partial charge in [0.05, 0.1) is 23.7 Å². The maximum atomic E-state index is 12.6. The van der Waals surface area contributed by atoms with Crippen molar-refractivity contribution in [2.75, 3.05) is 20.2 Å². The van der Waals surface area contributed by atoms with Gasteiger partial charge < -0.3 is 14.4 Å². The highest BCUT2D eigenvalue weighted by Crippen LogP contribution is 2.36. The van der Waals surface area contributed by atoms with Crippen LogP contribution in [0.15, 0.2) is 48.0 Å². The minimum absolute atomic E-state index is 0.105. The van der Waals surface area contributed by atoms with E-state index in [-0.39, 0.29) is 34.9 Å². The van der Waals surface area contributed by atoms with E-state index in [9.17, 15) is 20.2 Å². The summed E-state index contributed by atoms with van der Waals surface area (Å²) in [6.45, 7) is 1.37. The Balaban J connectivity index is 1.94. The van der Waals surface area contributed by atoms with Gasteiger partial charge in [0.25, 0.3) is 11.6 Å².